The molecule has 0 aromatic carbocycles. The van der Waals surface area contributed by atoms with E-state index in [1.807, 2.05) is 12.1 Å². The van der Waals surface area contributed by atoms with Gasteiger partial charge in [0.2, 0.25) is 0 Å². The maximum Gasteiger partial charge on any atom is 0.320 e. The zero-order valence-corrected chi connectivity index (χ0v) is 12.5. The van der Waals surface area contributed by atoms with Crippen LogP contribution in [0.4, 0.5) is 0 Å². The Labute approximate surface area is 125 Å². The summed E-state index contributed by atoms with van der Waals surface area (Å²) in [4.78, 5) is 23.6. The van der Waals surface area contributed by atoms with Crippen LogP contribution in [-0.2, 0) is 19.1 Å². The van der Waals surface area contributed by atoms with Crippen molar-refractivity contribution in [3.05, 3.63) is 0 Å². The van der Waals surface area contributed by atoms with Crippen LogP contribution in [0.3, 0.4) is 0 Å². The molecule has 6 nitrogen and oxygen atoms in total. The van der Waals surface area contributed by atoms with E-state index in [1.165, 1.54) is 0 Å². The Kier molecular flexibility index (Phi) is 11.6. The maximum atomic E-state index is 11.9. The quantitative estimate of drug-likeness (QED) is 0.329. The molecule has 0 saturated heterocycles. The first-order chi connectivity index (χ1) is 10.2. The van der Waals surface area contributed by atoms with E-state index in [2.05, 4.69) is 6.92 Å². The maximum absolute atomic E-state index is 11.9. The molecule has 116 valence electrons. The van der Waals surface area contributed by atoms with E-state index in [-0.39, 0.29) is 32.5 Å². The number of ether oxygens (including phenoxy) is 2. The average molecular weight is 294 g/mol. The molecule has 1 unspecified atom stereocenters. The van der Waals surface area contributed by atoms with Crippen LogP contribution in [0.25, 0.3) is 0 Å². The van der Waals surface area contributed by atoms with Crippen LogP contribution < -0.4 is 0 Å². The Bertz CT molecular complexity index is 395. The molecule has 0 saturated carbocycles. The molecule has 1 atom stereocenters. The molecule has 0 heterocycles. The number of unbranched alkanes of at least 4 members (excludes halogenated alkanes) is 3. The van der Waals surface area contributed by atoms with E-state index in [4.69, 9.17) is 20.0 Å². The Morgan fingerprint density at radius 1 is 0.952 bits per heavy atom. The van der Waals surface area contributed by atoms with Crippen LogP contribution in [0.2, 0.25) is 0 Å². The molecular weight excluding hydrogens is 272 g/mol. The monoisotopic (exact) mass is 294 g/mol. The normalized spacial score (nSPS) is 11.0. The number of rotatable bonds is 11. The Morgan fingerprint density at radius 3 is 2.14 bits per heavy atom. The minimum atomic E-state index is -1.07. The molecule has 0 amide bonds. The lowest BCUT2D eigenvalue weighted by Crippen LogP contribution is -2.28. The van der Waals surface area contributed by atoms with Crippen LogP contribution in [0.1, 0.15) is 51.9 Å². The zero-order valence-electron chi connectivity index (χ0n) is 12.5. The minimum Gasteiger partial charge on any atom is -0.465 e. The van der Waals surface area contributed by atoms with Gasteiger partial charge in [-0.15, -0.1) is 0 Å². The van der Waals surface area contributed by atoms with E-state index in [0.29, 0.717) is 0 Å². The Hall–Kier alpha value is -2.08. The van der Waals surface area contributed by atoms with E-state index >= 15 is 0 Å². The Balaban J connectivity index is 4.25. The molecule has 0 aliphatic heterocycles. The van der Waals surface area contributed by atoms with Gasteiger partial charge in [-0.3, -0.25) is 9.59 Å². The van der Waals surface area contributed by atoms with Gasteiger partial charge in [0, 0.05) is 6.42 Å². The lowest BCUT2D eigenvalue weighted by molar-refractivity contribution is -0.162. The first-order valence-electron chi connectivity index (χ1n) is 7.24. The highest BCUT2D eigenvalue weighted by Gasteiger charge is 2.29. The smallest absolute Gasteiger partial charge is 0.320 e. The fourth-order valence-electron chi connectivity index (χ4n) is 1.64. The van der Waals surface area contributed by atoms with Crippen LogP contribution >= 0.6 is 0 Å². The number of hydrogen-bond acceptors (Lipinski definition) is 6. The molecule has 0 bridgehead atoms. The summed E-state index contributed by atoms with van der Waals surface area (Å²) in [5.74, 6) is -2.45. The van der Waals surface area contributed by atoms with Crippen molar-refractivity contribution in [1.29, 1.82) is 10.5 Å². The summed E-state index contributed by atoms with van der Waals surface area (Å²) in [6, 6.07) is 3.73. The van der Waals surface area contributed by atoms with Gasteiger partial charge in [-0.05, 0) is 12.8 Å². The second kappa shape index (κ2) is 12.9. The van der Waals surface area contributed by atoms with Crippen molar-refractivity contribution in [3.63, 3.8) is 0 Å². The van der Waals surface area contributed by atoms with Gasteiger partial charge < -0.3 is 9.47 Å². The minimum absolute atomic E-state index is 0.0534. The van der Waals surface area contributed by atoms with Gasteiger partial charge in [0.15, 0.2) is 5.92 Å². The molecular formula is C15H22N2O4. The third-order valence-corrected chi connectivity index (χ3v) is 2.81. The van der Waals surface area contributed by atoms with Crippen molar-refractivity contribution in [3.8, 4) is 12.1 Å². The third kappa shape index (κ3) is 9.45. The molecule has 0 aliphatic carbocycles. The third-order valence-electron chi connectivity index (χ3n) is 2.81. The fourth-order valence-corrected chi connectivity index (χ4v) is 1.64. The number of esters is 2. The van der Waals surface area contributed by atoms with E-state index < -0.39 is 17.9 Å². The number of hydrogen-bond donors (Lipinski definition) is 0. The summed E-state index contributed by atoms with van der Waals surface area (Å²) in [6.45, 7) is 2.30. The van der Waals surface area contributed by atoms with Gasteiger partial charge in [-0.2, -0.15) is 10.5 Å². The van der Waals surface area contributed by atoms with Crippen molar-refractivity contribution < 1.29 is 19.1 Å². The van der Waals surface area contributed by atoms with Gasteiger partial charge >= 0.3 is 11.9 Å². The lowest BCUT2D eigenvalue weighted by atomic mass is 10.0. The summed E-state index contributed by atoms with van der Waals surface area (Å²) in [7, 11) is 0. The highest BCUT2D eigenvalue weighted by Crippen LogP contribution is 2.12. The summed E-state index contributed by atoms with van der Waals surface area (Å²) in [6.07, 6.45) is 4.12. The molecule has 6 heteroatoms. The van der Waals surface area contributed by atoms with Crippen LogP contribution in [0.5, 0.6) is 0 Å². The van der Waals surface area contributed by atoms with Crippen LogP contribution in [0, 0.1) is 28.6 Å². The zero-order chi connectivity index (χ0) is 15.9. The van der Waals surface area contributed by atoms with Crippen molar-refractivity contribution in [1.82, 2.24) is 0 Å². The van der Waals surface area contributed by atoms with Gasteiger partial charge in [-0.25, -0.2) is 0 Å². The second-order valence-corrected chi connectivity index (χ2v) is 4.55. The first-order valence-corrected chi connectivity index (χ1v) is 7.24. The predicted octanol–water partition coefficient (Wildman–Crippen LogP) is 2.49. The van der Waals surface area contributed by atoms with E-state index in [0.717, 1.165) is 25.7 Å². The van der Waals surface area contributed by atoms with Crippen LogP contribution in [0.15, 0.2) is 0 Å². The molecule has 0 aliphatic rings. The molecule has 0 spiro atoms. The molecule has 0 radical (unpaired) electrons. The fraction of sp³-hybridized carbons (Fsp3) is 0.733. The molecule has 21 heavy (non-hydrogen) atoms. The summed E-state index contributed by atoms with van der Waals surface area (Å²) >= 11 is 0. The topological polar surface area (TPSA) is 100 Å². The van der Waals surface area contributed by atoms with E-state index in [1.54, 1.807) is 0 Å². The second-order valence-electron chi connectivity index (χ2n) is 4.55. The highest BCUT2D eigenvalue weighted by atomic mass is 16.6. The summed E-state index contributed by atoms with van der Waals surface area (Å²) < 4.78 is 9.90. The van der Waals surface area contributed by atoms with Crippen LogP contribution in [-0.4, -0.2) is 25.2 Å². The number of carbonyl (C=O) groups excluding carboxylic acids is 2. The van der Waals surface area contributed by atoms with Gasteiger partial charge in [0.05, 0.1) is 25.2 Å². The van der Waals surface area contributed by atoms with Gasteiger partial charge in [-0.1, -0.05) is 26.2 Å². The highest BCUT2D eigenvalue weighted by molar-refractivity contribution is 5.94. The molecule has 0 fully saturated rings. The number of carbonyl (C=O) groups is 2. The molecule has 0 rings (SSSR count). The lowest BCUT2D eigenvalue weighted by Gasteiger charge is -2.13. The summed E-state index contributed by atoms with van der Waals surface area (Å²) in [5, 5.41) is 16.9. The number of nitrogens with zero attached hydrogens (tertiary/aromatic N) is 2. The standard InChI is InChI=1S/C15H22N2O4/c1-2-3-4-5-11-20-14(18)13(8-6-9-16)15(19)21-12-7-10-17/h13H,2-8,11-12H2,1H3. The van der Waals surface area contributed by atoms with Crippen molar-refractivity contribution in [2.24, 2.45) is 5.92 Å². The van der Waals surface area contributed by atoms with Gasteiger partial charge in [0.25, 0.3) is 0 Å². The van der Waals surface area contributed by atoms with Crippen molar-refractivity contribution in [2.45, 2.75) is 51.9 Å². The molecule has 0 N–H and O–H groups in total. The van der Waals surface area contributed by atoms with Crippen molar-refractivity contribution in [2.75, 3.05) is 13.2 Å². The van der Waals surface area contributed by atoms with Crippen molar-refractivity contribution >= 4 is 11.9 Å². The predicted molar refractivity (Wildman–Crippen MR) is 74.6 cm³/mol. The van der Waals surface area contributed by atoms with Gasteiger partial charge in [0.1, 0.15) is 6.61 Å². The largest absolute Gasteiger partial charge is 0.465 e. The molecule has 0 aromatic heterocycles. The SMILES string of the molecule is CCCCCCOC(=O)C(CCC#N)C(=O)OCCC#N. The number of nitriles is 2. The average Bonchev–Trinajstić information content (AvgIpc) is 2.47. The molecule has 0 aromatic rings. The Morgan fingerprint density at radius 2 is 1.57 bits per heavy atom. The first kappa shape index (κ1) is 18.9. The van der Waals surface area contributed by atoms with E-state index in [9.17, 15) is 9.59 Å². The summed E-state index contributed by atoms with van der Waals surface area (Å²) in [5.41, 5.74) is 0.